The van der Waals surface area contributed by atoms with Crippen LogP contribution in [0.15, 0.2) is 0 Å². The topological polar surface area (TPSA) is 54.5 Å². The maximum Gasteiger partial charge on any atom is 0.233 e. The first kappa shape index (κ1) is 13.2. The number of hydrogen-bond acceptors (Lipinski definition) is 3. The Balaban J connectivity index is 2.11. The second kappa shape index (κ2) is 4.18. The van der Waals surface area contributed by atoms with Crippen LogP contribution in [0.4, 0.5) is 0 Å². The van der Waals surface area contributed by atoms with Crippen molar-refractivity contribution >= 4 is 17.6 Å². The number of likely N-dealkylation sites (tertiary alicyclic amines) is 1. The molecule has 1 aliphatic heterocycles. The first-order chi connectivity index (χ1) is 8.21. The number of carbonyl (C=O) groups is 3. The number of imide groups is 1. The van der Waals surface area contributed by atoms with Crippen LogP contribution in [-0.2, 0) is 14.4 Å². The quantitative estimate of drug-likeness (QED) is 0.701. The number of nitrogens with zero attached hydrogens (tertiary/aromatic N) is 1. The summed E-state index contributed by atoms with van der Waals surface area (Å²) >= 11 is 0. The Kier molecular flexibility index (Phi) is 3.07. The van der Waals surface area contributed by atoms with Crippen molar-refractivity contribution in [1.29, 1.82) is 0 Å². The first-order valence-electron chi connectivity index (χ1n) is 6.60. The lowest BCUT2D eigenvalue weighted by molar-refractivity contribution is -0.145. The van der Waals surface area contributed by atoms with E-state index in [9.17, 15) is 14.4 Å². The van der Waals surface area contributed by atoms with E-state index in [1.807, 2.05) is 20.8 Å². The van der Waals surface area contributed by atoms with Gasteiger partial charge in [0.2, 0.25) is 11.8 Å². The third-order valence-electron chi connectivity index (χ3n) is 4.10. The highest BCUT2D eigenvalue weighted by atomic mass is 16.2. The summed E-state index contributed by atoms with van der Waals surface area (Å²) in [6.07, 6.45) is 1.57. The molecule has 4 heteroatoms. The molecule has 1 saturated carbocycles. The van der Waals surface area contributed by atoms with Gasteiger partial charge in [0, 0.05) is 5.41 Å². The molecule has 1 saturated heterocycles. The van der Waals surface area contributed by atoms with Crippen molar-refractivity contribution in [2.24, 2.45) is 23.2 Å². The van der Waals surface area contributed by atoms with Crippen LogP contribution in [0, 0.1) is 23.2 Å². The lowest BCUT2D eigenvalue weighted by Crippen LogP contribution is -2.40. The van der Waals surface area contributed by atoms with E-state index < -0.39 is 5.41 Å². The zero-order chi connectivity index (χ0) is 13.7. The molecule has 0 aromatic carbocycles. The average Bonchev–Trinajstić information content (AvgIpc) is 2.71. The van der Waals surface area contributed by atoms with E-state index in [1.165, 1.54) is 4.90 Å². The molecule has 2 amide bonds. The highest BCUT2D eigenvalue weighted by Crippen LogP contribution is 2.42. The Hall–Kier alpha value is -1.19. The van der Waals surface area contributed by atoms with Gasteiger partial charge in [0.1, 0.15) is 0 Å². The van der Waals surface area contributed by atoms with E-state index in [-0.39, 0.29) is 36.0 Å². The van der Waals surface area contributed by atoms with E-state index in [1.54, 1.807) is 0 Å². The minimum Gasteiger partial charge on any atom is -0.297 e. The number of amides is 2. The molecule has 2 unspecified atom stereocenters. The number of fused-ring (bicyclic) bond motifs is 1. The van der Waals surface area contributed by atoms with Crippen LogP contribution in [0.5, 0.6) is 0 Å². The standard InChI is InChI=1S/C14H21NO3/c1-8-5-9-10(6-8)13(18)15(12(9)17)7-11(16)14(2,3)4/h8-10H,5-7H2,1-4H3. The molecule has 4 nitrogen and oxygen atoms in total. The lowest BCUT2D eigenvalue weighted by atomic mass is 9.90. The molecule has 1 aliphatic carbocycles. The summed E-state index contributed by atoms with van der Waals surface area (Å²) < 4.78 is 0. The maximum absolute atomic E-state index is 12.2. The molecule has 18 heavy (non-hydrogen) atoms. The molecule has 0 N–H and O–H groups in total. The Morgan fingerprint density at radius 1 is 1.17 bits per heavy atom. The van der Waals surface area contributed by atoms with E-state index >= 15 is 0 Å². The molecule has 0 spiro atoms. The maximum atomic E-state index is 12.2. The number of rotatable bonds is 2. The Bertz CT molecular complexity index is 384. The smallest absolute Gasteiger partial charge is 0.233 e. The molecule has 1 heterocycles. The molecule has 100 valence electrons. The van der Waals surface area contributed by atoms with Gasteiger partial charge < -0.3 is 0 Å². The van der Waals surface area contributed by atoms with Crippen molar-refractivity contribution in [2.75, 3.05) is 6.54 Å². The molecule has 2 fully saturated rings. The van der Waals surface area contributed by atoms with Crippen LogP contribution < -0.4 is 0 Å². The van der Waals surface area contributed by atoms with Crippen LogP contribution in [0.3, 0.4) is 0 Å². The number of hydrogen-bond donors (Lipinski definition) is 0. The average molecular weight is 251 g/mol. The van der Waals surface area contributed by atoms with Gasteiger partial charge >= 0.3 is 0 Å². The van der Waals surface area contributed by atoms with E-state index in [0.29, 0.717) is 5.92 Å². The molecule has 2 aliphatic rings. The van der Waals surface area contributed by atoms with Crippen LogP contribution in [0.1, 0.15) is 40.5 Å². The summed E-state index contributed by atoms with van der Waals surface area (Å²) in [4.78, 5) is 37.5. The van der Waals surface area contributed by atoms with Gasteiger partial charge in [-0.15, -0.1) is 0 Å². The monoisotopic (exact) mass is 251 g/mol. The summed E-state index contributed by atoms with van der Waals surface area (Å²) in [5, 5.41) is 0. The lowest BCUT2D eigenvalue weighted by Gasteiger charge is -2.22. The second-order valence-corrected chi connectivity index (χ2v) is 6.73. The van der Waals surface area contributed by atoms with Crippen molar-refractivity contribution in [3.63, 3.8) is 0 Å². The van der Waals surface area contributed by atoms with Crippen LogP contribution >= 0.6 is 0 Å². The van der Waals surface area contributed by atoms with E-state index in [2.05, 4.69) is 6.92 Å². The van der Waals surface area contributed by atoms with Gasteiger partial charge in [-0.2, -0.15) is 0 Å². The first-order valence-corrected chi connectivity index (χ1v) is 6.60. The molecule has 2 atom stereocenters. The zero-order valence-corrected chi connectivity index (χ0v) is 11.5. The van der Waals surface area contributed by atoms with Gasteiger partial charge in [0.25, 0.3) is 0 Å². The van der Waals surface area contributed by atoms with Gasteiger partial charge in [-0.1, -0.05) is 27.7 Å². The number of ketones is 1. The number of Topliss-reactive ketones (excluding diaryl/α,β-unsaturated/α-hetero) is 1. The zero-order valence-electron chi connectivity index (χ0n) is 11.5. The van der Waals surface area contributed by atoms with Crippen molar-refractivity contribution in [1.82, 2.24) is 4.90 Å². The highest BCUT2D eigenvalue weighted by Gasteiger charge is 2.52. The molecule has 0 radical (unpaired) electrons. The van der Waals surface area contributed by atoms with Crippen LogP contribution in [-0.4, -0.2) is 29.0 Å². The third-order valence-corrected chi connectivity index (χ3v) is 4.10. The van der Waals surface area contributed by atoms with Gasteiger partial charge in [0.05, 0.1) is 18.4 Å². The predicted molar refractivity (Wildman–Crippen MR) is 66.6 cm³/mol. The van der Waals surface area contributed by atoms with Crippen LogP contribution in [0.25, 0.3) is 0 Å². The second-order valence-electron chi connectivity index (χ2n) is 6.73. The van der Waals surface area contributed by atoms with Gasteiger partial charge in [-0.3, -0.25) is 19.3 Å². The normalized spacial score (nSPS) is 32.0. The number of carbonyl (C=O) groups excluding carboxylic acids is 3. The minimum atomic E-state index is -0.508. The van der Waals surface area contributed by atoms with Crippen molar-refractivity contribution in [2.45, 2.75) is 40.5 Å². The molecule has 0 aromatic rings. The minimum absolute atomic E-state index is 0.0530. The Morgan fingerprint density at radius 2 is 1.61 bits per heavy atom. The van der Waals surface area contributed by atoms with Crippen molar-refractivity contribution in [3.05, 3.63) is 0 Å². The molecular weight excluding hydrogens is 230 g/mol. The van der Waals surface area contributed by atoms with Gasteiger partial charge in [-0.25, -0.2) is 0 Å². The third kappa shape index (κ3) is 2.08. The van der Waals surface area contributed by atoms with Gasteiger partial charge in [0.15, 0.2) is 5.78 Å². The predicted octanol–water partition coefficient (Wildman–Crippen LogP) is 1.63. The van der Waals surface area contributed by atoms with E-state index in [4.69, 9.17) is 0 Å². The summed E-state index contributed by atoms with van der Waals surface area (Å²) in [7, 11) is 0. The molecule has 0 bridgehead atoms. The van der Waals surface area contributed by atoms with Crippen molar-refractivity contribution in [3.8, 4) is 0 Å². The van der Waals surface area contributed by atoms with Gasteiger partial charge in [-0.05, 0) is 18.8 Å². The Morgan fingerprint density at radius 3 is 2.00 bits per heavy atom. The summed E-state index contributed by atoms with van der Waals surface area (Å²) in [5.74, 6) is -0.218. The highest BCUT2D eigenvalue weighted by molar-refractivity contribution is 6.08. The molecule has 0 aromatic heterocycles. The summed E-state index contributed by atoms with van der Waals surface area (Å²) in [5.41, 5.74) is -0.508. The molecular formula is C14H21NO3. The SMILES string of the molecule is CC1CC2C(=O)N(CC(=O)C(C)(C)C)C(=O)C2C1. The van der Waals surface area contributed by atoms with Crippen molar-refractivity contribution < 1.29 is 14.4 Å². The summed E-state index contributed by atoms with van der Waals surface area (Å²) in [6, 6.07) is 0. The Labute approximate surface area is 108 Å². The summed E-state index contributed by atoms with van der Waals surface area (Å²) in [6.45, 7) is 7.45. The van der Waals surface area contributed by atoms with Crippen LogP contribution in [0.2, 0.25) is 0 Å². The van der Waals surface area contributed by atoms with E-state index in [0.717, 1.165) is 12.8 Å². The fourth-order valence-corrected chi connectivity index (χ4v) is 2.88. The molecule has 2 rings (SSSR count). The fourth-order valence-electron chi connectivity index (χ4n) is 2.88. The largest absolute Gasteiger partial charge is 0.297 e. The fraction of sp³-hybridized carbons (Fsp3) is 0.786.